The van der Waals surface area contributed by atoms with Crippen molar-refractivity contribution in [2.75, 3.05) is 44.3 Å². The number of rotatable bonds is 3. The lowest BCUT2D eigenvalue weighted by Crippen LogP contribution is -2.44. The maximum absolute atomic E-state index is 10.1. The van der Waals surface area contributed by atoms with Crippen LogP contribution in [0.5, 0.6) is 0 Å². The van der Waals surface area contributed by atoms with Crippen molar-refractivity contribution < 1.29 is 9.84 Å². The molecule has 2 fully saturated rings. The first-order chi connectivity index (χ1) is 11.8. The molecule has 0 aliphatic carbocycles. The molecule has 4 rings (SSSR count). The minimum Gasteiger partial charge on any atom is -0.389 e. The number of aliphatic hydroxyl groups excluding tert-OH is 1. The van der Waals surface area contributed by atoms with Gasteiger partial charge in [0.2, 0.25) is 0 Å². The standard InChI is InChI=1S/C17H25N5O2/c1-2-13-10-17(22-16(19-13)4-5-18-22)21-7-3-6-20(8-9-21)14-11-24-12-15(14)23/h4-5,10,14-15,23H,2-3,6-9,11-12H2,1H3/t14-,15-/m1/s1. The monoisotopic (exact) mass is 331 g/mol. The number of anilines is 1. The third-order valence-corrected chi connectivity index (χ3v) is 5.10. The molecule has 2 aromatic rings. The van der Waals surface area contributed by atoms with Gasteiger partial charge >= 0.3 is 0 Å². The molecule has 7 heteroatoms. The van der Waals surface area contributed by atoms with E-state index in [1.54, 1.807) is 0 Å². The van der Waals surface area contributed by atoms with Gasteiger partial charge in [-0.3, -0.25) is 4.90 Å². The molecule has 1 N–H and O–H groups in total. The van der Waals surface area contributed by atoms with Crippen LogP contribution in [0.25, 0.3) is 5.65 Å². The van der Waals surface area contributed by atoms with E-state index in [2.05, 4.69) is 32.9 Å². The van der Waals surface area contributed by atoms with Crippen molar-refractivity contribution >= 4 is 11.5 Å². The van der Waals surface area contributed by atoms with Crippen LogP contribution in [0, 0.1) is 0 Å². The highest BCUT2D eigenvalue weighted by Gasteiger charge is 2.32. The number of aromatic nitrogens is 3. The molecule has 0 unspecified atom stereocenters. The molecule has 2 aromatic heterocycles. The molecule has 2 aliphatic heterocycles. The summed E-state index contributed by atoms with van der Waals surface area (Å²) in [5, 5.41) is 14.5. The molecular formula is C17H25N5O2. The number of hydrogen-bond acceptors (Lipinski definition) is 6. The molecular weight excluding hydrogens is 306 g/mol. The summed E-state index contributed by atoms with van der Waals surface area (Å²) >= 11 is 0. The Morgan fingerprint density at radius 2 is 2.17 bits per heavy atom. The minimum atomic E-state index is -0.359. The molecule has 4 heterocycles. The summed E-state index contributed by atoms with van der Waals surface area (Å²) < 4.78 is 7.36. The zero-order chi connectivity index (χ0) is 16.5. The molecule has 0 saturated carbocycles. The van der Waals surface area contributed by atoms with Crippen molar-refractivity contribution in [2.45, 2.75) is 31.9 Å². The van der Waals surface area contributed by atoms with Gasteiger partial charge in [-0.1, -0.05) is 6.92 Å². The van der Waals surface area contributed by atoms with Gasteiger partial charge in [-0.25, -0.2) is 4.98 Å². The molecule has 2 saturated heterocycles. The van der Waals surface area contributed by atoms with Crippen molar-refractivity contribution in [3.8, 4) is 0 Å². The van der Waals surface area contributed by atoms with E-state index in [1.807, 2.05) is 16.8 Å². The highest BCUT2D eigenvalue weighted by Crippen LogP contribution is 2.21. The first kappa shape index (κ1) is 15.8. The predicted molar refractivity (Wildman–Crippen MR) is 91.4 cm³/mol. The largest absolute Gasteiger partial charge is 0.389 e. The number of nitrogens with zero attached hydrogens (tertiary/aromatic N) is 5. The smallest absolute Gasteiger partial charge is 0.157 e. The van der Waals surface area contributed by atoms with Crippen molar-refractivity contribution in [1.82, 2.24) is 19.5 Å². The van der Waals surface area contributed by atoms with Gasteiger partial charge in [-0.05, 0) is 12.8 Å². The number of ether oxygens (including phenoxy) is 1. The second-order valence-corrected chi connectivity index (χ2v) is 6.61. The Labute approximate surface area is 141 Å². The maximum Gasteiger partial charge on any atom is 0.157 e. The molecule has 130 valence electrons. The molecule has 0 aromatic carbocycles. The first-order valence-corrected chi connectivity index (χ1v) is 8.84. The number of hydrogen-bond donors (Lipinski definition) is 1. The van der Waals surface area contributed by atoms with Crippen molar-refractivity contribution in [3.63, 3.8) is 0 Å². The molecule has 0 amide bonds. The normalized spacial score (nSPS) is 26.2. The molecule has 2 aliphatic rings. The average molecular weight is 331 g/mol. The summed E-state index contributed by atoms with van der Waals surface area (Å²) in [6.07, 6.45) is 3.43. The Balaban J connectivity index is 1.56. The van der Waals surface area contributed by atoms with E-state index in [0.717, 1.165) is 56.2 Å². The highest BCUT2D eigenvalue weighted by atomic mass is 16.5. The summed E-state index contributed by atoms with van der Waals surface area (Å²) in [6, 6.07) is 4.25. The summed E-state index contributed by atoms with van der Waals surface area (Å²) in [5.41, 5.74) is 2.00. The molecule has 2 atom stereocenters. The maximum atomic E-state index is 10.1. The van der Waals surface area contributed by atoms with Crippen molar-refractivity contribution in [1.29, 1.82) is 0 Å². The number of fused-ring (bicyclic) bond motifs is 1. The van der Waals surface area contributed by atoms with Crippen LogP contribution >= 0.6 is 0 Å². The van der Waals surface area contributed by atoms with E-state index in [4.69, 9.17) is 4.74 Å². The van der Waals surface area contributed by atoms with E-state index in [0.29, 0.717) is 13.2 Å². The van der Waals surface area contributed by atoms with Crippen LogP contribution in [0.2, 0.25) is 0 Å². The Bertz CT molecular complexity index is 703. The van der Waals surface area contributed by atoms with Crippen LogP contribution in [0.4, 0.5) is 5.82 Å². The molecule has 0 spiro atoms. The zero-order valence-electron chi connectivity index (χ0n) is 14.1. The van der Waals surface area contributed by atoms with Crippen molar-refractivity contribution in [2.24, 2.45) is 0 Å². The third kappa shape index (κ3) is 2.87. The van der Waals surface area contributed by atoms with Gasteiger partial charge in [0, 0.05) is 44.0 Å². The van der Waals surface area contributed by atoms with Gasteiger partial charge in [0.25, 0.3) is 0 Å². The Morgan fingerprint density at radius 1 is 1.25 bits per heavy atom. The second-order valence-electron chi connectivity index (χ2n) is 6.61. The van der Waals surface area contributed by atoms with Crippen LogP contribution in [0.3, 0.4) is 0 Å². The fourth-order valence-electron chi connectivity index (χ4n) is 3.73. The van der Waals surface area contributed by atoms with Crippen LogP contribution in [0.1, 0.15) is 19.0 Å². The Morgan fingerprint density at radius 3 is 2.96 bits per heavy atom. The van der Waals surface area contributed by atoms with Crippen LogP contribution < -0.4 is 4.90 Å². The summed E-state index contributed by atoms with van der Waals surface area (Å²) in [6.45, 7) is 7.06. The minimum absolute atomic E-state index is 0.137. The fraction of sp³-hybridized carbons (Fsp3) is 0.647. The molecule has 0 bridgehead atoms. The lowest BCUT2D eigenvalue weighted by atomic mass is 10.2. The first-order valence-electron chi connectivity index (χ1n) is 8.84. The molecule has 0 radical (unpaired) electrons. The van der Waals surface area contributed by atoms with Gasteiger partial charge in [0.15, 0.2) is 5.65 Å². The van der Waals surface area contributed by atoms with Gasteiger partial charge < -0.3 is 14.7 Å². The summed E-state index contributed by atoms with van der Waals surface area (Å²) in [7, 11) is 0. The van der Waals surface area contributed by atoms with Crippen LogP contribution in [0.15, 0.2) is 18.3 Å². The predicted octanol–water partition coefficient (Wildman–Crippen LogP) is 0.563. The van der Waals surface area contributed by atoms with E-state index in [9.17, 15) is 5.11 Å². The zero-order valence-corrected chi connectivity index (χ0v) is 14.1. The molecule has 24 heavy (non-hydrogen) atoms. The average Bonchev–Trinajstić information content (AvgIpc) is 3.17. The second kappa shape index (κ2) is 6.66. The van der Waals surface area contributed by atoms with Crippen LogP contribution in [-0.2, 0) is 11.2 Å². The Kier molecular flexibility index (Phi) is 4.39. The van der Waals surface area contributed by atoms with Gasteiger partial charge in [0.1, 0.15) is 5.82 Å². The van der Waals surface area contributed by atoms with Gasteiger partial charge in [0.05, 0.1) is 31.6 Å². The van der Waals surface area contributed by atoms with E-state index in [-0.39, 0.29) is 12.1 Å². The number of aryl methyl sites for hydroxylation is 1. The number of aliphatic hydroxyl groups is 1. The van der Waals surface area contributed by atoms with Gasteiger partial charge in [-0.2, -0.15) is 9.61 Å². The van der Waals surface area contributed by atoms with Gasteiger partial charge in [-0.15, -0.1) is 0 Å². The van der Waals surface area contributed by atoms with E-state index in [1.165, 1.54) is 0 Å². The SMILES string of the molecule is CCc1cc(N2CCCN([C@@H]3COC[C@H]3O)CC2)n2nccc2n1. The van der Waals surface area contributed by atoms with Crippen molar-refractivity contribution in [3.05, 3.63) is 24.0 Å². The lowest BCUT2D eigenvalue weighted by molar-refractivity contribution is 0.0859. The highest BCUT2D eigenvalue weighted by molar-refractivity contribution is 5.51. The third-order valence-electron chi connectivity index (χ3n) is 5.10. The molecule has 7 nitrogen and oxygen atoms in total. The van der Waals surface area contributed by atoms with E-state index < -0.39 is 0 Å². The topological polar surface area (TPSA) is 66.1 Å². The summed E-state index contributed by atoms with van der Waals surface area (Å²) in [5.74, 6) is 1.12. The van der Waals surface area contributed by atoms with Crippen LogP contribution in [-0.4, -0.2) is 76.1 Å². The summed E-state index contributed by atoms with van der Waals surface area (Å²) in [4.78, 5) is 9.40. The lowest BCUT2D eigenvalue weighted by Gasteiger charge is -2.28. The Hall–Kier alpha value is -1.70. The van der Waals surface area contributed by atoms with E-state index >= 15 is 0 Å². The fourth-order valence-corrected chi connectivity index (χ4v) is 3.73. The quantitative estimate of drug-likeness (QED) is 0.887.